The minimum Gasteiger partial charge on any atom is -0.369 e. The summed E-state index contributed by atoms with van der Waals surface area (Å²) in [6.07, 6.45) is 3.12. The number of hydrogen-bond donors (Lipinski definition) is 0. The number of amides is 1. The van der Waals surface area contributed by atoms with E-state index in [-0.39, 0.29) is 22.4 Å². The summed E-state index contributed by atoms with van der Waals surface area (Å²) >= 11 is 6.34. The summed E-state index contributed by atoms with van der Waals surface area (Å²) in [5, 5.41) is 4.43. The molecule has 2 aromatic rings. The number of anilines is 1. The Morgan fingerprint density at radius 3 is 2.44 bits per heavy atom. The molecule has 25 heavy (non-hydrogen) atoms. The van der Waals surface area contributed by atoms with Gasteiger partial charge in [0.15, 0.2) is 0 Å². The van der Waals surface area contributed by atoms with E-state index in [1.54, 1.807) is 25.2 Å². The van der Waals surface area contributed by atoms with E-state index in [1.165, 1.54) is 4.68 Å². The molecule has 0 spiro atoms. The molecule has 3 rings (SSSR count). The highest BCUT2D eigenvalue weighted by Crippen LogP contribution is 2.27. The molecular weight excluding hydrogens is 340 g/mol. The zero-order valence-corrected chi connectivity index (χ0v) is 15.1. The third-order valence-electron chi connectivity index (χ3n) is 4.53. The number of halogens is 1. The van der Waals surface area contributed by atoms with Gasteiger partial charge in [0, 0.05) is 33.1 Å². The first-order valence-electron chi connectivity index (χ1n) is 8.28. The van der Waals surface area contributed by atoms with Crippen LogP contribution in [0.3, 0.4) is 0 Å². The van der Waals surface area contributed by atoms with E-state index in [9.17, 15) is 9.59 Å². The molecule has 0 radical (unpaired) electrons. The maximum atomic E-state index is 12.6. The summed E-state index contributed by atoms with van der Waals surface area (Å²) in [7, 11) is 3.55. The Hall–Kier alpha value is -2.34. The van der Waals surface area contributed by atoms with E-state index in [2.05, 4.69) is 5.10 Å². The van der Waals surface area contributed by atoms with E-state index in [0.29, 0.717) is 24.5 Å². The van der Waals surface area contributed by atoms with Gasteiger partial charge in [-0.1, -0.05) is 29.8 Å². The molecule has 1 amide bonds. The van der Waals surface area contributed by atoms with Crippen LogP contribution in [0.25, 0.3) is 5.69 Å². The van der Waals surface area contributed by atoms with Gasteiger partial charge < -0.3 is 9.80 Å². The van der Waals surface area contributed by atoms with Gasteiger partial charge in [-0.2, -0.15) is 9.78 Å². The first kappa shape index (κ1) is 17.5. The highest BCUT2D eigenvalue weighted by molar-refractivity contribution is 6.33. The van der Waals surface area contributed by atoms with Crippen molar-refractivity contribution >= 4 is 23.2 Å². The lowest BCUT2D eigenvalue weighted by molar-refractivity contribution is -0.133. The number of nitrogens with zero attached hydrogens (tertiary/aromatic N) is 4. The second-order valence-electron chi connectivity index (χ2n) is 6.39. The van der Waals surface area contributed by atoms with Crippen LogP contribution in [-0.4, -0.2) is 47.8 Å². The number of carbonyl (C=O) groups is 1. The van der Waals surface area contributed by atoms with Gasteiger partial charge >= 0.3 is 0 Å². The lowest BCUT2D eigenvalue weighted by atomic mass is 9.95. The van der Waals surface area contributed by atoms with Crippen molar-refractivity contribution in [2.24, 2.45) is 5.92 Å². The highest BCUT2D eigenvalue weighted by atomic mass is 35.5. The van der Waals surface area contributed by atoms with Gasteiger partial charge in [0.25, 0.3) is 5.56 Å². The normalized spacial score (nSPS) is 15.2. The van der Waals surface area contributed by atoms with Gasteiger partial charge in [-0.05, 0) is 25.0 Å². The van der Waals surface area contributed by atoms with Crippen molar-refractivity contribution in [1.82, 2.24) is 14.7 Å². The van der Waals surface area contributed by atoms with Gasteiger partial charge in [-0.15, -0.1) is 0 Å². The van der Waals surface area contributed by atoms with Crippen molar-refractivity contribution in [3.63, 3.8) is 0 Å². The topological polar surface area (TPSA) is 58.4 Å². The van der Waals surface area contributed by atoms with Crippen LogP contribution in [0.1, 0.15) is 12.8 Å². The van der Waals surface area contributed by atoms with E-state index in [0.717, 1.165) is 12.8 Å². The summed E-state index contributed by atoms with van der Waals surface area (Å²) in [5.74, 6) is 0.186. The minimum atomic E-state index is -0.336. The maximum absolute atomic E-state index is 12.6. The Bertz CT molecular complexity index is 812. The van der Waals surface area contributed by atoms with Crippen molar-refractivity contribution in [3.05, 3.63) is 51.9 Å². The molecule has 1 fully saturated rings. The summed E-state index contributed by atoms with van der Waals surface area (Å²) < 4.78 is 1.30. The average molecular weight is 361 g/mol. The second kappa shape index (κ2) is 7.27. The average Bonchev–Trinajstić information content (AvgIpc) is 2.64. The quantitative estimate of drug-likeness (QED) is 0.842. The number of rotatable bonds is 3. The predicted octanol–water partition coefficient (Wildman–Crippen LogP) is 2.19. The molecule has 0 saturated carbocycles. The third kappa shape index (κ3) is 3.54. The minimum absolute atomic E-state index is 0.0303. The molecule has 7 heteroatoms. The van der Waals surface area contributed by atoms with Gasteiger partial charge in [-0.3, -0.25) is 9.59 Å². The zero-order valence-electron chi connectivity index (χ0n) is 14.4. The van der Waals surface area contributed by atoms with E-state index < -0.39 is 0 Å². The molecule has 0 aliphatic carbocycles. The molecule has 0 atom stereocenters. The number of piperidine rings is 1. The van der Waals surface area contributed by atoms with Gasteiger partial charge in [-0.25, -0.2) is 0 Å². The van der Waals surface area contributed by atoms with Crippen LogP contribution < -0.4 is 10.5 Å². The second-order valence-corrected chi connectivity index (χ2v) is 6.77. The monoisotopic (exact) mass is 360 g/mol. The fourth-order valence-electron chi connectivity index (χ4n) is 3.13. The van der Waals surface area contributed by atoms with Crippen molar-refractivity contribution < 1.29 is 4.79 Å². The van der Waals surface area contributed by atoms with Crippen LogP contribution in [-0.2, 0) is 4.79 Å². The lowest BCUT2D eigenvalue weighted by Gasteiger charge is -2.34. The Labute approximate surface area is 151 Å². The first-order chi connectivity index (χ1) is 12.0. The Morgan fingerprint density at radius 2 is 1.84 bits per heavy atom. The fraction of sp³-hybridized carbons (Fsp3) is 0.389. The number of hydrogen-bond acceptors (Lipinski definition) is 4. The number of para-hydroxylation sites is 1. The Balaban J connectivity index is 1.80. The van der Waals surface area contributed by atoms with E-state index >= 15 is 0 Å². The van der Waals surface area contributed by atoms with E-state index in [1.807, 2.05) is 35.2 Å². The molecule has 1 aromatic heterocycles. The summed E-state index contributed by atoms with van der Waals surface area (Å²) in [5.41, 5.74) is 0.975. The van der Waals surface area contributed by atoms with Crippen LogP contribution >= 0.6 is 11.6 Å². The van der Waals surface area contributed by atoms with Gasteiger partial charge in [0.1, 0.15) is 5.02 Å². The predicted molar refractivity (Wildman–Crippen MR) is 98.5 cm³/mol. The molecule has 1 saturated heterocycles. The fourth-order valence-corrected chi connectivity index (χ4v) is 3.38. The van der Waals surface area contributed by atoms with Gasteiger partial charge in [0.2, 0.25) is 5.91 Å². The lowest BCUT2D eigenvalue weighted by Crippen LogP contribution is -2.41. The largest absolute Gasteiger partial charge is 0.369 e. The van der Waals surface area contributed by atoms with Crippen molar-refractivity contribution in [3.8, 4) is 5.69 Å². The molecular formula is C18H21ClN4O2. The van der Waals surface area contributed by atoms with Crippen molar-refractivity contribution in [2.45, 2.75) is 12.8 Å². The Morgan fingerprint density at radius 1 is 1.20 bits per heavy atom. The number of carbonyl (C=O) groups excluding carboxylic acids is 1. The van der Waals surface area contributed by atoms with E-state index in [4.69, 9.17) is 11.6 Å². The zero-order chi connectivity index (χ0) is 18.0. The van der Waals surface area contributed by atoms with Crippen molar-refractivity contribution in [1.29, 1.82) is 0 Å². The first-order valence-corrected chi connectivity index (χ1v) is 8.66. The SMILES string of the molecule is CN(C)C(=O)C1CCN(c2cnn(-c3ccccc3)c(=O)c2Cl)CC1. The third-order valence-corrected chi connectivity index (χ3v) is 4.88. The molecule has 132 valence electrons. The molecule has 0 bridgehead atoms. The molecule has 0 unspecified atom stereocenters. The summed E-state index contributed by atoms with van der Waals surface area (Å²) in [4.78, 5) is 28.3. The molecule has 0 N–H and O–H groups in total. The molecule has 2 heterocycles. The molecule has 6 nitrogen and oxygen atoms in total. The highest BCUT2D eigenvalue weighted by Gasteiger charge is 2.27. The molecule has 1 aliphatic rings. The van der Waals surface area contributed by atoms with Crippen LogP contribution in [0.4, 0.5) is 5.69 Å². The number of aromatic nitrogens is 2. The molecule has 1 aliphatic heterocycles. The van der Waals surface area contributed by atoms with Crippen LogP contribution in [0.15, 0.2) is 41.3 Å². The van der Waals surface area contributed by atoms with Crippen LogP contribution in [0, 0.1) is 5.92 Å². The summed E-state index contributed by atoms with van der Waals surface area (Å²) in [6.45, 7) is 1.36. The van der Waals surface area contributed by atoms with Crippen LogP contribution in [0.2, 0.25) is 5.02 Å². The Kier molecular flexibility index (Phi) is 5.08. The maximum Gasteiger partial charge on any atom is 0.292 e. The molecule has 1 aromatic carbocycles. The summed E-state index contributed by atoms with van der Waals surface area (Å²) in [6, 6.07) is 9.19. The smallest absolute Gasteiger partial charge is 0.292 e. The number of benzene rings is 1. The van der Waals surface area contributed by atoms with Gasteiger partial charge in [0.05, 0.1) is 17.6 Å². The van der Waals surface area contributed by atoms with Crippen LogP contribution in [0.5, 0.6) is 0 Å². The van der Waals surface area contributed by atoms with Crippen molar-refractivity contribution in [2.75, 3.05) is 32.1 Å². The standard InChI is InChI=1S/C18H21ClN4O2/c1-21(2)17(24)13-8-10-22(11-9-13)15-12-20-23(18(25)16(15)19)14-6-4-3-5-7-14/h3-7,12-13H,8-11H2,1-2H3.